The average Bonchev–Trinajstić information content (AvgIpc) is 3.03. The Kier molecular flexibility index (Phi) is 6.39. The first kappa shape index (κ1) is 21.1. The normalized spacial score (nSPS) is 12.3. The van der Waals surface area contributed by atoms with Crippen molar-refractivity contribution in [1.29, 1.82) is 0 Å². The van der Waals surface area contributed by atoms with Crippen LogP contribution in [0.4, 0.5) is 0 Å². The van der Waals surface area contributed by atoms with Crippen LogP contribution in [0, 0.1) is 0 Å². The fraction of sp³-hybridized carbons (Fsp3) is 0.300. The van der Waals surface area contributed by atoms with Crippen LogP contribution in [0.3, 0.4) is 0 Å². The van der Waals surface area contributed by atoms with Crippen molar-refractivity contribution in [1.82, 2.24) is 4.57 Å². The minimum atomic E-state index is -3.79. The first-order chi connectivity index (χ1) is 13.9. The third-order valence-corrected chi connectivity index (χ3v) is 6.89. The molecule has 0 spiro atoms. The Morgan fingerprint density at radius 1 is 1.10 bits per heavy atom. The molecule has 0 aliphatic heterocycles. The van der Waals surface area contributed by atoms with Crippen molar-refractivity contribution < 1.29 is 22.7 Å². The molecule has 0 aliphatic rings. The maximum atomic E-state index is 12.5. The second kappa shape index (κ2) is 8.79. The number of rotatable bonds is 7. The van der Waals surface area contributed by atoms with Crippen LogP contribution in [0.2, 0.25) is 0 Å². The highest BCUT2D eigenvalue weighted by Crippen LogP contribution is 2.23. The lowest BCUT2D eigenvalue weighted by molar-refractivity contribution is -0.115. The standard InChI is InChI=1S/C20H22N2O5S2/c1-4-22-17-11-8-15(27-5-2)12-18(17)28-20(22)21-19(23)13-29(24,25)16-9-6-14(26-3)7-10-16/h6-12H,4-5,13H2,1-3H3. The quantitative estimate of drug-likeness (QED) is 0.570. The first-order valence-electron chi connectivity index (χ1n) is 9.08. The van der Waals surface area contributed by atoms with Gasteiger partial charge in [0.2, 0.25) is 0 Å². The monoisotopic (exact) mass is 434 g/mol. The Morgan fingerprint density at radius 2 is 1.79 bits per heavy atom. The van der Waals surface area contributed by atoms with Crippen LogP contribution in [-0.4, -0.2) is 38.4 Å². The van der Waals surface area contributed by atoms with E-state index < -0.39 is 21.5 Å². The number of carbonyl (C=O) groups is 1. The lowest BCUT2D eigenvalue weighted by Crippen LogP contribution is -2.20. The molecular formula is C20H22N2O5S2. The molecule has 0 saturated carbocycles. The van der Waals surface area contributed by atoms with Crippen molar-refractivity contribution >= 4 is 37.3 Å². The van der Waals surface area contributed by atoms with Gasteiger partial charge >= 0.3 is 0 Å². The van der Waals surface area contributed by atoms with E-state index >= 15 is 0 Å². The van der Waals surface area contributed by atoms with Crippen molar-refractivity contribution in [3.63, 3.8) is 0 Å². The van der Waals surface area contributed by atoms with E-state index in [1.807, 2.05) is 36.6 Å². The van der Waals surface area contributed by atoms with Gasteiger partial charge < -0.3 is 14.0 Å². The van der Waals surface area contributed by atoms with Crippen molar-refractivity contribution in [2.75, 3.05) is 19.5 Å². The second-order valence-electron chi connectivity index (χ2n) is 6.13. The Bertz CT molecular complexity index is 1190. The summed E-state index contributed by atoms with van der Waals surface area (Å²) < 4.78 is 38.4. The van der Waals surface area contributed by atoms with Gasteiger partial charge in [-0.05, 0) is 56.3 Å². The molecular weight excluding hydrogens is 412 g/mol. The van der Waals surface area contributed by atoms with Crippen molar-refractivity contribution in [2.24, 2.45) is 4.99 Å². The van der Waals surface area contributed by atoms with E-state index in [2.05, 4.69) is 4.99 Å². The molecule has 2 aromatic carbocycles. The van der Waals surface area contributed by atoms with Crippen LogP contribution >= 0.6 is 11.3 Å². The number of aromatic nitrogens is 1. The second-order valence-corrected chi connectivity index (χ2v) is 9.13. The lowest BCUT2D eigenvalue weighted by Gasteiger charge is -2.04. The van der Waals surface area contributed by atoms with E-state index in [-0.39, 0.29) is 4.90 Å². The van der Waals surface area contributed by atoms with Gasteiger partial charge in [0.15, 0.2) is 14.6 Å². The number of sulfone groups is 1. The van der Waals surface area contributed by atoms with Gasteiger partial charge in [-0.25, -0.2) is 8.42 Å². The number of hydrogen-bond acceptors (Lipinski definition) is 6. The SMILES string of the molecule is CCOc1ccc2c(c1)sc(=NC(=O)CS(=O)(=O)c1ccc(OC)cc1)n2CC. The van der Waals surface area contributed by atoms with Crippen molar-refractivity contribution in [3.8, 4) is 11.5 Å². The van der Waals surface area contributed by atoms with Crippen LogP contribution in [0.5, 0.6) is 11.5 Å². The molecule has 0 saturated heterocycles. The van der Waals surface area contributed by atoms with Crippen LogP contribution < -0.4 is 14.3 Å². The minimum Gasteiger partial charge on any atom is -0.497 e. The van der Waals surface area contributed by atoms with E-state index in [9.17, 15) is 13.2 Å². The van der Waals surface area contributed by atoms with Gasteiger partial charge in [0.1, 0.15) is 17.3 Å². The summed E-state index contributed by atoms with van der Waals surface area (Å²) in [6, 6.07) is 11.6. The summed E-state index contributed by atoms with van der Waals surface area (Å²) in [4.78, 5) is 17.0. The number of thiazole rings is 1. The molecule has 7 nitrogen and oxygen atoms in total. The van der Waals surface area contributed by atoms with E-state index in [0.717, 1.165) is 16.0 Å². The van der Waals surface area contributed by atoms with Gasteiger partial charge in [-0.3, -0.25) is 4.79 Å². The lowest BCUT2D eigenvalue weighted by atomic mass is 10.3. The fourth-order valence-corrected chi connectivity index (χ4v) is 5.12. The van der Waals surface area contributed by atoms with Gasteiger partial charge in [0.05, 0.1) is 28.8 Å². The number of benzene rings is 2. The number of hydrogen-bond donors (Lipinski definition) is 0. The van der Waals surface area contributed by atoms with Crippen LogP contribution in [-0.2, 0) is 21.2 Å². The van der Waals surface area contributed by atoms with Crippen LogP contribution in [0.25, 0.3) is 10.2 Å². The maximum absolute atomic E-state index is 12.5. The molecule has 0 N–H and O–H groups in total. The first-order valence-corrected chi connectivity index (χ1v) is 11.6. The van der Waals surface area contributed by atoms with E-state index in [4.69, 9.17) is 9.47 Å². The van der Waals surface area contributed by atoms with Gasteiger partial charge in [-0.1, -0.05) is 11.3 Å². The Labute approximate surface area is 173 Å². The summed E-state index contributed by atoms with van der Waals surface area (Å²) in [5.41, 5.74) is 0.922. The molecule has 0 unspecified atom stereocenters. The van der Waals surface area contributed by atoms with Gasteiger partial charge in [-0.2, -0.15) is 4.99 Å². The number of methoxy groups -OCH3 is 1. The number of nitrogens with zero attached hydrogens (tertiary/aromatic N) is 2. The van der Waals surface area contributed by atoms with E-state index in [0.29, 0.717) is 23.7 Å². The van der Waals surface area contributed by atoms with Crippen LogP contribution in [0.15, 0.2) is 52.4 Å². The summed E-state index contributed by atoms with van der Waals surface area (Å²) in [7, 11) is -2.29. The molecule has 154 valence electrons. The fourth-order valence-electron chi connectivity index (χ4n) is 2.87. The molecule has 1 amide bonds. The van der Waals surface area contributed by atoms with Gasteiger partial charge in [-0.15, -0.1) is 0 Å². The van der Waals surface area contributed by atoms with Gasteiger partial charge in [0, 0.05) is 6.54 Å². The molecule has 0 radical (unpaired) electrons. The maximum Gasteiger partial charge on any atom is 0.263 e. The highest BCUT2D eigenvalue weighted by Gasteiger charge is 2.19. The van der Waals surface area contributed by atoms with Crippen LogP contribution in [0.1, 0.15) is 13.8 Å². The third kappa shape index (κ3) is 4.68. The Hall–Kier alpha value is -2.65. The highest BCUT2D eigenvalue weighted by molar-refractivity contribution is 7.92. The number of ether oxygens (including phenoxy) is 2. The number of aryl methyl sites for hydroxylation is 1. The minimum absolute atomic E-state index is 0.0583. The highest BCUT2D eigenvalue weighted by atomic mass is 32.2. The number of fused-ring (bicyclic) bond motifs is 1. The average molecular weight is 435 g/mol. The third-order valence-electron chi connectivity index (χ3n) is 4.23. The van der Waals surface area contributed by atoms with Gasteiger partial charge in [0.25, 0.3) is 5.91 Å². The molecule has 0 bridgehead atoms. The van der Waals surface area contributed by atoms with Crippen molar-refractivity contribution in [2.45, 2.75) is 25.3 Å². The van der Waals surface area contributed by atoms with Crippen molar-refractivity contribution in [3.05, 3.63) is 47.3 Å². The summed E-state index contributed by atoms with van der Waals surface area (Å²) >= 11 is 1.33. The summed E-state index contributed by atoms with van der Waals surface area (Å²) in [6.07, 6.45) is 0. The molecule has 0 fully saturated rings. The largest absolute Gasteiger partial charge is 0.497 e. The molecule has 29 heavy (non-hydrogen) atoms. The zero-order valence-electron chi connectivity index (χ0n) is 16.4. The number of carbonyl (C=O) groups excluding carboxylic acids is 1. The zero-order valence-corrected chi connectivity index (χ0v) is 18.0. The number of amides is 1. The van der Waals surface area contributed by atoms with E-state index in [1.165, 1.54) is 30.6 Å². The Balaban J connectivity index is 1.92. The summed E-state index contributed by atoms with van der Waals surface area (Å²) in [6.45, 7) is 5.02. The predicted octanol–water partition coefficient (Wildman–Crippen LogP) is 3.03. The molecule has 1 aromatic heterocycles. The van der Waals surface area contributed by atoms with E-state index in [1.54, 1.807) is 12.1 Å². The zero-order chi connectivity index (χ0) is 21.0. The molecule has 9 heteroatoms. The Morgan fingerprint density at radius 3 is 2.41 bits per heavy atom. The summed E-state index contributed by atoms with van der Waals surface area (Å²) in [5, 5.41) is 0. The predicted molar refractivity (Wildman–Crippen MR) is 112 cm³/mol. The molecule has 0 atom stereocenters. The summed E-state index contributed by atoms with van der Waals surface area (Å²) in [5.74, 6) is -0.119. The molecule has 1 heterocycles. The topological polar surface area (TPSA) is 87.0 Å². The molecule has 3 rings (SSSR count). The molecule has 3 aromatic rings. The molecule has 0 aliphatic carbocycles. The smallest absolute Gasteiger partial charge is 0.263 e.